The van der Waals surface area contributed by atoms with E-state index in [1.807, 2.05) is 12.1 Å². The van der Waals surface area contributed by atoms with E-state index in [1.54, 1.807) is 12.1 Å². The molecule has 0 radical (unpaired) electrons. The van der Waals surface area contributed by atoms with Crippen LogP contribution in [0, 0.1) is 0 Å². The Kier molecular flexibility index (Phi) is 8.60. The molecule has 2 rings (SSSR count). The van der Waals surface area contributed by atoms with Gasteiger partial charge in [0, 0.05) is 29.2 Å². The largest absolute Gasteiger partial charge is 0.493 e. The molecule has 2 aromatic carbocycles. The minimum absolute atomic E-state index is 0.0964. The smallest absolute Gasteiger partial charge is 0.387 e. The Morgan fingerprint density at radius 1 is 1.14 bits per heavy atom. The summed E-state index contributed by atoms with van der Waals surface area (Å²) in [4.78, 5) is 23.7. The fourth-order valence-corrected chi connectivity index (χ4v) is 2.53. The number of halogens is 3. The highest BCUT2D eigenvalue weighted by Crippen LogP contribution is 2.29. The summed E-state index contributed by atoms with van der Waals surface area (Å²) in [6.07, 6.45) is 2.88. The summed E-state index contributed by atoms with van der Waals surface area (Å²) in [7, 11) is 1.33. The third-order valence-corrected chi connectivity index (χ3v) is 4.14. The Hall–Kier alpha value is -2.94. The summed E-state index contributed by atoms with van der Waals surface area (Å²) in [5.74, 6) is -0.595. The van der Waals surface area contributed by atoms with Gasteiger partial charge in [-0.2, -0.15) is 8.78 Å². The van der Waals surface area contributed by atoms with E-state index in [-0.39, 0.29) is 30.4 Å². The number of anilines is 1. The van der Waals surface area contributed by atoms with Gasteiger partial charge < -0.3 is 20.1 Å². The number of benzene rings is 2. The highest BCUT2D eigenvalue weighted by molar-refractivity contribution is 9.10. The van der Waals surface area contributed by atoms with E-state index in [1.165, 1.54) is 37.5 Å². The molecular formula is C20H19BrF2N2O4. The van der Waals surface area contributed by atoms with Gasteiger partial charge in [-0.25, -0.2) is 0 Å². The molecular weight excluding hydrogens is 450 g/mol. The number of amides is 2. The Morgan fingerprint density at radius 2 is 1.86 bits per heavy atom. The monoisotopic (exact) mass is 468 g/mol. The van der Waals surface area contributed by atoms with Crippen molar-refractivity contribution in [2.45, 2.75) is 13.0 Å². The summed E-state index contributed by atoms with van der Waals surface area (Å²) in [5, 5.41) is 5.32. The summed E-state index contributed by atoms with van der Waals surface area (Å²) >= 11 is 3.31. The fraction of sp³-hybridized carbons (Fsp3) is 0.200. The number of carbonyl (C=O) groups is 2. The van der Waals surface area contributed by atoms with E-state index in [0.29, 0.717) is 11.3 Å². The van der Waals surface area contributed by atoms with Crippen LogP contribution in [0.5, 0.6) is 11.5 Å². The summed E-state index contributed by atoms with van der Waals surface area (Å²) in [6.45, 7) is -2.80. The van der Waals surface area contributed by atoms with Crippen molar-refractivity contribution in [2.24, 2.45) is 0 Å². The number of alkyl halides is 2. The number of hydrogen-bond acceptors (Lipinski definition) is 4. The average Bonchev–Trinajstić information content (AvgIpc) is 2.68. The van der Waals surface area contributed by atoms with Gasteiger partial charge in [0.15, 0.2) is 11.5 Å². The van der Waals surface area contributed by atoms with Gasteiger partial charge in [-0.1, -0.05) is 22.0 Å². The Morgan fingerprint density at radius 3 is 2.52 bits per heavy atom. The molecule has 0 saturated carbocycles. The minimum Gasteiger partial charge on any atom is -0.493 e. The van der Waals surface area contributed by atoms with Crippen LogP contribution < -0.4 is 20.1 Å². The number of hydrogen-bond donors (Lipinski definition) is 2. The van der Waals surface area contributed by atoms with Crippen molar-refractivity contribution in [3.05, 3.63) is 58.6 Å². The normalized spacial score (nSPS) is 10.8. The van der Waals surface area contributed by atoms with Crippen molar-refractivity contribution in [3.63, 3.8) is 0 Å². The van der Waals surface area contributed by atoms with Gasteiger partial charge in [0.1, 0.15) is 0 Å². The van der Waals surface area contributed by atoms with E-state index in [9.17, 15) is 18.4 Å². The molecule has 0 aliphatic carbocycles. The molecule has 2 aromatic rings. The Bertz CT molecular complexity index is 873. The molecule has 6 nitrogen and oxygen atoms in total. The molecule has 0 aromatic heterocycles. The first-order chi connectivity index (χ1) is 13.9. The van der Waals surface area contributed by atoms with Crippen LogP contribution >= 0.6 is 15.9 Å². The predicted octanol–water partition coefficient (Wildman–Crippen LogP) is 4.22. The van der Waals surface area contributed by atoms with Gasteiger partial charge in [-0.3, -0.25) is 9.59 Å². The van der Waals surface area contributed by atoms with E-state index >= 15 is 0 Å². The number of methoxy groups -OCH3 is 1. The summed E-state index contributed by atoms with van der Waals surface area (Å²) in [5.41, 5.74) is 1.23. The fourth-order valence-electron chi connectivity index (χ4n) is 2.27. The Balaban J connectivity index is 1.80. The molecule has 0 saturated heterocycles. The molecule has 154 valence electrons. The molecule has 0 aliphatic heterocycles. The second kappa shape index (κ2) is 11.2. The third-order valence-electron chi connectivity index (χ3n) is 3.61. The molecule has 0 aliphatic rings. The van der Waals surface area contributed by atoms with Crippen molar-refractivity contribution in [1.29, 1.82) is 0 Å². The molecule has 0 bridgehead atoms. The lowest BCUT2D eigenvalue weighted by molar-refractivity contribution is -0.117. The molecule has 0 unspecified atom stereocenters. The van der Waals surface area contributed by atoms with E-state index in [0.717, 1.165) is 4.47 Å². The van der Waals surface area contributed by atoms with Gasteiger partial charge in [-0.15, -0.1) is 0 Å². The lowest BCUT2D eigenvalue weighted by atomic mass is 10.2. The summed E-state index contributed by atoms with van der Waals surface area (Å²) < 4.78 is 34.9. The first-order valence-corrected chi connectivity index (χ1v) is 9.31. The standard InChI is InChI=1S/C20H19BrF2N2O4/c1-28-17-12-13(2-8-16(17)29-20(22)23)3-9-18(26)24-11-10-19(27)25-15-6-4-14(21)5-7-15/h2-9,12,20H,10-11H2,1H3,(H,24,26)(H,25,27)/b9-3+. The topological polar surface area (TPSA) is 76.7 Å². The van der Waals surface area contributed by atoms with Gasteiger partial charge in [0.25, 0.3) is 0 Å². The van der Waals surface area contributed by atoms with E-state index in [4.69, 9.17) is 4.74 Å². The van der Waals surface area contributed by atoms with Crippen LogP contribution in [-0.4, -0.2) is 32.1 Å². The number of rotatable bonds is 9. The zero-order chi connectivity index (χ0) is 21.2. The number of carbonyl (C=O) groups excluding carboxylic acids is 2. The molecule has 0 heterocycles. The second-order valence-electron chi connectivity index (χ2n) is 5.72. The van der Waals surface area contributed by atoms with Crippen LogP contribution in [0.25, 0.3) is 6.08 Å². The third kappa shape index (κ3) is 7.90. The molecule has 0 fully saturated rings. The molecule has 2 amide bonds. The predicted molar refractivity (Wildman–Crippen MR) is 109 cm³/mol. The van der Waals surface area contributed by atoms with Gasteiger partial charge in [0.05, 0.1) is 7.11 Å². The average molecular weight is 469 g/mol. The molecule has 29 heavy (non-hydrogen) atoms. The van der Waals surface area contributed by atoms with Crippen LogP contribution in [0.2, 0.25) is 0 Å². The highest BCUT2D eigenvalue weighted by atomic mass is 79.9. The van der Waals surface area contributed by atoms with Crippen LogP contribution in [0.3, 0.4) is 0 Å². The van der Waals surface area contributed by atoms with Gasteiger partial charge in [-0.05, 0) is 48.0 Å². The molecule has 9 heteroatoms. The van der Waals surface area contributed by atoms with Crippen molar-refractivity contribution in [1.82, 2.24) is 5.32 Å². The van der Waals surface area contributed by atoms with Crippen molar-refractivity contribution >= 4 is 39.5 Å². The second-order valence-corrected chi connectivity index (χ2v) is 6.63. The molecule has 2 N–H and O–H groups in total. The van der Waals surface area contributed by atoms with Gasteiger partial charge in [0.2, 0.25) is 11.8 Å². The SMILES string of the molecule is COc1cc(/C=C/C(=O)NCCC(=O)Nc2ccc(Br)cc2)ccc1OC(F)F. The van der Waals surface area contributed by atoms with E-state index < -0.39 is 12.5 Å². The zero-order valence-corrected chi connectivity index (χ0v) is 17.0. The maximum atomic E-state index is 12.3. The highest BCUT2D eigenvalue weighted by Gasteiger charge is 2.10. The van der Waals surface area contributed by atoms with Crippen LogP contribution in [0.15, 0.2) is 53.0 Å². The molecule has 0 atom stereocenters. The van der Waals surface area contributed by atoms with Crippen LogP contribution in [-0.2, 0) is 9.59 Å². The van der Waals surface area contributed by atoms with Crippen molar-refractivity contribution in [2.75, 3.05) is 19.0 Å². The first-order valence-electron chi connectivity index (χ1n) is 8.51. The number of ether oxygens (including phenoxy) is 2. The van der Waals surface area contributed by atoms with Crippen LogP contribution in [0.4, 0.5) is 14.5 Å². The van der Waals surface area contributed by atoms with Crippen LogP contribution in [0.1, 0.15) is 12.0 Å². The van der Waals surface area contributed by atoms with Crippen molar-refractivity contribution < 1.29 is 27.8 Å². The lowest BCUT2D eigenvalue weighted by Crippen LogP contribution is -2.26. The minimum atomic E-state index is -2.96. The van der Waals surface area contributed by atoms with Gasteiger partial charge >= 0.3 is 6.61 Å². The maximum Gasteiger partial charge on any atom is 0.387 e. The zero-order valence-electron chi connectivity index (χ0n) is 15.5. The van der Waals surface area contributed by atoms with E-state index in [2.05, 4.69) is 31.3 Å². The van der Waals surface area contributed by atoms with Crippen molar-refractivity contribution in [3.8, 4) is 11.5 Å². The Labute approximate surface area is 175 Å². The molecule has 0 spiro atoms. The first kappa shape index (κ1) is 22.4. The lowest BCUT2D eigenvalue weighted by Gasteiger charge is -2.10. The quantitative estimate of drug-likeness (QED) is 0.540. The summed E-state index contributed by atoms with van der Waals surface area (Å²) in [6, 6.07) is 11.4. The number of nitrogens with one attached hydrogen (secondary N) is 2. The maximum absolute atomic E-state index is 12.3.